The fraction of sp³-hybridized carbons (Fsp3) is 0.533. The second kappa shape index (κ2) is 5.72. The highest BCUT2D eigenvalue weighted by Crippen LogP contribution is 2.21. The van der Waals surface area contributed by atoms with Crippen molar-refractivity contribution >= 4 is 5.91 Å². The molecule has 0 aromatic heterocycles. The minimum atomic E-state index is -0.843. The van der Waals surface area contributed by atoms with Gasteiger partial charge in [-0.25, -0.2) is 0 Å². The van der Waals surface area contributed by atoms with Crippen LogP contribution < -0.4 is 5.32 Å². The maximum atomic E-state index is 12.0. The molecule has 1 aliphatic heterocycles. The third kappa shape index (κ3) is 3.55. The summed E-state index contributed by atoms with van der Waals surface area (Å²) in [5.74, 6) is -0.147. The zero-order valence-corrected chi connectivity index (χ0v) is 11.5. The first-order valence-electron chi connectivity index (χ1n) is 6.72. The first-order valence-corrected chi connectivity index (χ1v) is 6.72. The van der Waals surface area contributed by atoms with Crippen molar-refractivity contribution in [1.82, 2.24) is 5.32 Å². The number of carbonyl (C=O) groups is 1. The molecule has 1 amide bonds. The normalized spacial score (nSPS) is 16.8. The van der Waals surface area contributed by atoms with Crippen molar-refractivity contribution in [3.8, 4) is 0 Å². The van der Waals surface area contributed by atoms with E-state index in [1.807, 2.05) is 19.1 Å². The van der Waals surface area contributed by atoms with E-state index in [-0.39, 0.29) is 12.5 Å². The summed E-state index contributed by atoms with van der Waals surface area (Å²) in [5, 5.41) is 12.8. The van der Waals surface area contributed by atoms with Crippen molar-refractivity contribution in [3.63, 3.8) is 0 Å². The van der Waals surface area contributed by atoms with Crippen LogP contribution in [0, 0.1) is 0 Å². The van der Waals surface area contributed by atoms with E-state index < -0.39 is 5.60 Å². The Hall–Kier alpha value is -1.39. The second-order valence-corrected chi connectivity index (χ2v) is 5.41. The van der Waals surface area contributed by atoms with Crippen molar-refractivity contribution in [2.45, 2.75) is 45.5 Å². The molecule has 1 heterocycles. The summed E-state index contributed by atoms with van der Waals surface area (Å²) in [6, 6.07) is 5.60. The summed E-state index contributed by atoms with van der Waals surface area (Å²) in [6.45, 7) is 5.23. The highest BCUT2D eigenvalue weighted by Gasteiger charge is 2.21. The third-order valence-electron chi connectivity index (χ3n) is 3.40. The van der Waals surface area contributed by atoms with E-state index in [0.717, 1.165) is 17.5 Å². The van der Waals surface area contributed by atoms with E-state index >= 15 is 0 Å². The third-order valence-corrected chi connectivity index (χ3v) is 3.40. The van der Waals surface area contributed by atoms with E-state index in [0.29, 0.717) is 25.2 Å². The molecule has 4 heteroatoms. The first-order chi connectivity index (χ1) is 9.02. The van der Waals surface area contributed by atoms with Crippen LogP contribution in [0.1, 0.15) is 48.2 Å². The van der Waals surface area contributed by atoms with E-state index in [1.54, 1.807) is 13.0 Å². The van der Waals surface area contributed by atoms with E-state index in [2.05, 4.69) is 5.32 Å². The van der Waals surface area contributed by atoms with Gasteiger partial charge in [-0.15, -0.1) is 0 Å². The van der Waals surface area contributed by atoms with Crippen molar-refractivity contribution < 1.29 is 14.6 Å². The number of carbonyl (C=O) groups excluding carboxylic acids is 1. The van der Waals surface area contributed by atoms with Gasteiger partial charge in [-0.1, -0.05) is 19.4 Å². The fourth-order valence-corrected chi connectivity index (χ4v) is 2.31. The van der Waals surface area contributed by atoms with Gasteiger partial charge < -0.3 is 15.2 Å². The number of amides is 1. The summed E-state index contributed by atoms with van der Waals surface area (Å²) in [7, 11) is 0. The Morgan fingerprint density at radius 2 is 2.16 bits per heavy atom. The number of nitrogens with one attached hydrogen (secondary N) is 1. The molecule has 1 aliphatic rings. The molecule has 1 aromatic carbocycles. The fourth-order valence-electron chi connectivity index (χ4n) is 2.31. The van der Waals surface area contributed by atoms with Gasteiger partial charge in [0.2, 0.25) is 0 Å². The maximum Gasteiger partial charge on any atom is 0.251 e. The molecule has 0 aliphatic carbocycles. The molecule has 1 aromatic rings. The number of aliphatic hydroxyl groups is 1. The van der Waals surface area contributed by atoms with Crippen molar-refractivity contribution in [2.75, 3.05) is 6.54 Å². The molecule has 2 rings (SSSR count). The average molecular weight is 263 g/mol. The number of ether oxygens (including phenoxy) is 1. The summed E-state index contributed by atoms with van der Waals surface area (Å²) in [5.41, 5.74) is 2.00. The average Bonchev–Trinajstić information content (AvgIpc) is 2.83. The standard InChI is InChI=1S/C15H21NO3/c1-3-6-15(2,18)10-16-14(17)11-4-5-12-8-19-9-13(12)7-11/h4-5,7,18H,3,6,8-10H2,1-2H3,(H,16,17). The molecule has 0 saturated heterocycles. The Kier molecular flexibility index (Phi) is 4.22. The molecule has 0 fully saturated rings. The molecule has 104 valence electrons. The topological polar surface area (TPSA) is 58.6 Å². The second-order valence-electron chi connectivity index (χ2n) is 5.41. The van der Waals surface area contributed by atoms with Gasteiger partial charge in [0.05, 0.1) is 18.8 Å². The van der Waals surface area contributed by atoms with Crippen LogP contribution in [0.4, 0.5) is 0 Å². The Labute approximate surface area is 113 Å². The van der Waals surface area contributed by atoms with Crippen LogP contribution in [0.15, 0.2) is 18.2 Å². The van der Waals surface area contributed by atoms with Gasteiger partial charge in [-0.05, 0) is 36.6 Å². The minimum Gasteiger partial charge on any atom is -0.388 e. The lowest BCUT2D eigenvalue weighted by Gasteiger charge is -2.22. The largest absolute Gasteiger partial charge is 0.388 e. The first kappa shape index (κ1) is 14.0. The van der Waals surface area contributed by atoms with Crippen LogP contribution >= 0.6 is 0 Å². The molecule has 0 radical (unpaired) electrons. The smallest absolute Gasteiger partial charge is 0.251 e. The Morgan fingerprint density at radius 3 is 2.89 bits per heavy atom. The Balaban J connectivity index is 1.97. The van der Waals surface area contributed by atoms with Crippen LogP contribution in [-0.2, 0) is 18.0 Å². The summed E-state index contributed by atoms with van der Waals surface area (Å²) < 4.78 is 5.32. The lowest BCUT2D eigenvalue weighted by Crippen LogP contribution is -2.40. The molecular formula is C15H21NO3. The molecular weight excluding hydrogens is 242 g/mol. The van der Waals surface area contributed by atoms with Crippen LogP contribution in [0.25, 0.3) is 0 Å². The SMILES string of the molecule is CCCC(C)(O)CNC(=O)c1ccc2c(c1)COC2. The summed E-state index contributed by atoms with van der Waals surface area (Å²) in [4.78, 5) is 12.0. The van der Waals surface area contributed by atoms with Crippen LogP contribution in [-0.4, -0.2) is 23.2 Å². The van der Waals surface area contributed by atoms with Crippen LogP contribution in [0.5, 0.6) is 0 Å². The summed E-state index contributed by atoms with van der Waals surface area (Å²) >= 11 is 0. The quantitative estimate of drug-likeness (QED) is 0.854. The summed E-state index contributed by atoms with van der Waals surface area (Å²) in [6.07, 6.45) is 1.56. The molecule has 1 unspecified atom stereocenters. The predicted octanol–water partition coefficient (Wildman–Crippen LogP) is 2.00. The van der Waals surface area contributed by atoms with Gasteiger partial charge in [-0.2, -0.15) is 0 Å². The zero-order valence-electron chi connectivity index (χ0n) is 11.5. The Morgan fingerprint density at radius 1 is 1.42 bits per heavy atom. The van der Waals surface area contributed by atoms with Crippen LogP contribution in [0.3, 0.4) is 0 Å². The van der Waals surface area contributed by atoms with Crippen LogP contribution in [0.2, 0.25) is 0 Å². The molecule has 0 saturated carbocycles. The van der Waals surface area contributed by atoms with Gasteiger partial charge in [0, 0.05) is 12.1 Å². The molecule has 1 atom stereocenters. The number of rotatable bonds is 5. The number of benzene rings is 1. The minimum absolute atomic E-state index is 0.147. The number of fused-ring (bicyclic) bond motifs is 1. The highest BCUT2D eigenvalue weighted by atomic mass is 16.5. The van der Waals surface area contributed by atoms with Gasteiger partial charge in [0.1, 0.15) is 0 Å². The molecule has 19 heavy (non-hydrogen) atoms. The van der Waals surface area contributed by atoms with Gasteiger partial charge in [-0.3, -0.25) is 4.79 Å². The van der Waals surface area contributed by atoms with Gasteiger partial charge >= 0.3 is 0 Å². The molecule has 2 N–H and O–H groups in total. The van der Waals surface area contributed by atoms with Crippen molar-refractivity contribution in [2.24, 2.45) is 0 Å². The van der Waals surface area contributed by atoms with E-state index in [9.17, 15) is 9.90 Å². The lowest BCUT2D eigenvalue weighted by molar-refractivity contribution is 0.0469. The number of hydrogen-bond donors (Lipinski definition) is 2. The van der Waals surface area contributed by atoms with Crippen molar-refractivity contribution in [1.29, 1.82) is 0 Å². The molecule has 4 nitrogen and oxygen atoms in total. The van der Waals surface area contributed by atoms with Gasteiger partial charge in [0.15, 0.2) is 0 Å². The van der Waals surface area contributed by atoms with E-state index in [1.165, 1.54) is 0 Å². The monoisotopic (exact) mass is 263 g/mol. The zero-order chi connectivity index (χ0) is 13.9. The molecule has 0 spiro atoms. The van der Waals surface area contributed by atoms with Gasteiger partial charge in [0.25, 0.3) is 5.91 Å². The number of hydrogen-bond acceptors (Lipinski definition) is 3. The predicted molar refractivity (Wildman–Crippen MR) is 72.8 cm³/mol. The lowest BCUT2D eigenvalue weighted by atomic mass is 10.0. The maximum absolute atomic E-state index is 12.0. The van der Waals surface area contributed by atoms with E-state index in [4.69, 9.17) is 4.74 Å². The Bertz CT molecular complexity index is 468. The van der Waals surface area contributed by atoms with Crippen molar-refractivity contribution in [3.05, 3.63) is 34.9 Å². The molecule has 0 bridgehead atoms. The highest BCUT2D eigenvalue weighted by molar-refractivity contribution is 5.94.